The molecule has 1 unspecified atom stereocenters. The van der Waals surface area contributed by atoms with Gasteiger partial charge in [0, 0.05) is 18.2 Å². The van der Waals surface area contributed by atoms with Gasteiger partial charge in [0.25, 0.3) is 5.79 Å². The van der Waals surface area contributed by atoms with Crippen molar-refractivity contribution in [3.05, 3.63) is 48.0 Å². The van der Waals surface area contributed by atoms with Gasteiger partial charge in [0.1, 0.15) is 18.3 Å². The molecule has 4 saturated carbocycles. The van der Waals surface area contributed by atoms with Crippen LogP contribution in [0.25, 0.3) is 20.8 Å². The predicted molar refractivity (Wildman–Crippen MR) is 124 cm³/mol. The third kappa shape index (κ3) is 4.38. The summed E-state index contributed by atoms with van der Waals surface area (Å²) < 4.78 is 23.4. The molecule has 4 bridgehead atoms. The zero-order valence-electron chi connectivity index (χ0n) is 21.0. The number of ether oxygens (including phenoxy) is 1. The molecule has 4 aliphatic carbocycles. The molecule has 3 aromatic rings. The van der Waals surface area contributed by atoms with E-state index in [9.17, 15) is 14.4 Å². The smallest absolute Gasteiger partial charge is 0.780 e. The van der Waals surface area contributed by atoms with Crippen molar-refractivity contribution in [2.75, 3.05) is 7.11 Å². The van der Waals surface area contributed by atoms with E-state index < -0.39 is 19.2 Å². The average molecular weight is 559 g/mol. The van der Waals surface area contributed by atoms with Crippen LogP contribution in [-0.4, -0.2) is 17.7 Å². The van der Waals surface area contributed by atoms with E-state index in [1.165, 1.54) is 23.8 Å². The van der Waals surface area contributed by atoms with Crippen molar-refractivity contribution in [2.24, 2.45) is 23.7 Å². The van der Waals surface area contributed by atoms with Gasteiger partial charge in [-0.1, -0.05) is 30.3 Å². The molecule has 5 fully saturated rings. The SMILES string of the molecule is COC1(c2cc(OP(=O)([O-])[O-])c3nc(-c4ccccc4)sc3c2)OOC12C1CC3CC(C1)CC2C3.[Na+].[Na+]. The molecular formula is C25H24NNa2O7PS. The topological polar surface area (TPSA) is 113 Å². The number of thiazole rings is 1. The van der Waals surface area contributed by atoms with Crippen molar-refractivity contribution in [3.8, 4) is 16.3 Å². The molecular weight excluding hydrogens is 535 g/mol. The molecule has 0 N–H and O–H groups in total. The number of fused-ring (bicyclic) bond motifs is 1. The van der Waals surface area contributed by atoms with Gasteiger partial charge in [-0.3, -0.25) is 0 Å². The molecule has 12 heteroatoms. The second kappa shape index (κ2) is 10.2. The van der Waals surface area contributed by atoms with E-state index in [2.05, 4.69) is 4.98 Å². The van der Waals surface area contributed by atoms with Gasteiger partial charge in [-0.15, -0.1) is 11.3 Å². The molecule has 37 heavy (non-hydrogen) atoms. The monoisotopic (exact) mass is 559 g/mol. The molecule has 184 valence electrons. The fourth-order valence-corrected chi connectivity index (χ4v) is 8.85. The second-order valence-corrected chi connectivity index (χ2v) is 12.4. The van der Waals surface area contributed by atoms with Gasteiger partial charge in [-0.05, 0) is 67.9 Å². The molecule has 8 nitrogen and oxygen atoms in total. The molecule has 8 rings (SSSR count). The zero-order valence-corrected chi connectivity index (χ0v) is 26.8. The Bertz CT molecular complexity index is 1330. The largest absolute Gasteiger partial charge is 1.00 e. The number of rotatable bonds is 5. The predicted octanol–water partition coefficient (Wildman–Crippen LogP) is -1.87. The molecule has 1 spiro atoms. The maximum Gasteiger partial charge on any atom is 1.00 e. The molecule has 2 aromatic carbocycles. The van der Waals surface area contributed by atoms with E-state index in [0.29, 0.717) is 44.5 Å². The van der Waals surface area contributed by atoms with E-state index in [0.717, 1.165) is 31.2 Å². The maximum absolute atomic E-state index is 11.7. The van der Waals surface area contributed by atoms with Crippen molar-refractivity contribution in [2.45, 2.75) is 43.5 Å². The Balaban J connectivity index is 0.00000140. The summed E-state index contributed by atoms with van der Waals surface area (Å²) in [4.78, 5) is 39.8. The number of methoxy groups -OCH3 is 1. The number of phosphoric ester groups is 1. The minimum absolute atomic E-state index is 0. The molecule has 1 saturated heterocycles. The fraction of sp³-hybridized carbons (Fsp3) is 0.480. The number of nitrogens with zero attached hydrogens (tertiary/aromatic N) is 1. The summed E-state index contributed by atoms with van der Waals surface area (Å²) in [6.07, 6.45) is 5.58. The quantitative estimate of drug-likeness (QED) is 0.203. The van der Waals surface area contributed by atoms with E-state index >= 15 is 0 Å². The normalized spacial score (nSPS) is 33.6. The standard InChI is InChI=1S/C25H26NO7PS.2Na/c1-30-25(24(32-33-25)17-8-14-7-15(10-17)11-18(24)9-14)19-12-20(31-34(27,28)29)22-21(13-19)35-23(26-22)16-5-3-2-4-6-16;;/h2-6,12-15,17-18H,7-11H2,1H3,(H2,27,28,29);;/q;2*+1/p-2. The number of hydrogen-bond acceptors (Lipinski definition) is 9. The first-order valence-corrected chi connectivity index (χ1v) is 14.2. The minimum Gasteiger partial charge on any atom is -0.780 e. The van der Waals surface area contributed by atoms with Crippen LogP contribution < -0.4 is 73.4 Å². The Morgan fingerprint density at radius 1 is 1.00 bits per heavy atom. The first kappa shape index (κ1) is 28.7. The van der Waals surface area contributed by atoms with Gasteiger partial charge in [0.2, 0.25) is 0 Å². The Morgan fingerprint density at radius 2 is 1.65 bits per heavy atom. The third-order valence-corrected chi connectivity index (χ3v) is 9.99. The van der Waals surface area contributed by atoms with Crippen molar-refractivity contribution in [3.63, 3.8) is 0 Å². The molecule has 0 amide bonds. The van der Waals surface area contributed by atoms with Crippen LogP contribution in [0.3, 0.4) is 0 Å². The summed E-state index contributed by atoms with van der Waals surface area (Å²) in [6, 6.07) is 13.0. The molecule has 5 aliphatic rings. The van der Waals surface area contributed by atoms with E-state index in [4.69, 9.17) is 19.0 Å². The van der Waals surface area contributed by atoms with E-state index in [1.54, 1.807) is 7.11 Å². The summed E-state index contributed by atoms with van der Waals surface area (Å²) in [5, 5.41) is 0.691. The molecule has 0 radical (unpaired) electrons. The number of hydrogen-bond donors (Lipinski definition) is 0. The van der Waals surface area contributed by atoms with Crippen molar-refractivity contribution in [1.82, 2.24) is 4.98 Å². The van der Waals surface area contributed by atoms with Gasteiger partial charge in [-0.2, -0.15) is 4.89 Å². The molecule has 1 aromatic heterocycles. The van der Waals surface area contributed by atoms with Gasteiger partial charge in [-0.25, -0.2) is 9.87 Å². The van der Waals surface area contributed by atoms with Gasteiger partial charge in [0.15, 0.2) is 11.4 Å². The Labute approximate surface area is 263 Å². The van der Waals surface area contributed by atoms with E-state index in [-0.39, 0.29) is 64.9 Å². The van der Waals surface area contributed by atoms with Crippen LogP contribution in [0.5, 0.6) is 5.75 Å². The zero-order chi connectivity index (χ0) is 24.0. The third-order valence-electron chi connectivity index (χ3n) is 8.52. The van der Waals surface area contributed by atoms with Crippen LogP contribution in [0.4, 0.5) is 0 Å². The van der Waals surface area contributed by atoms with E-state index in [1.807, 2.05) is 36.4 Å². The summed E-state index contributed by atoms with van der Waals surface area (Å²) in [7, 11) is -3.74. The summed E-state index contributed by atoms with van der Waals surface area (Å²) in [5.41, 5.74) is 1.13. The molecule has 2 heterocycles. The van der Waals surface area contributed by atoms with Crippen LogP contribution in [0.2, 0.25) is 0 Å². The summed E-state index contributed by atoms with van der Waals surface area (Å²) in [5.74, 6) is 0.678. The fourth-order valence-electron chi connectivity index (χ4n) is 7.44. The van der Waals surface area contributed by atoms with Crippen molar-refractivity contribution >= 4 is 29.4 Å². The van der Waals surface area contributed by atoms with Crippen molar-refractivity contribution in [1.29, 1.82) is 0 Å². The average Bonchev–Trinajstić information content (AvgIpc) is 3.23. The Hall–Kier alpha value is 0.160. The number of phosphoric acid groups is 1. The van der Waals surface area contributed by atoms with Crippen LogP contribution in [0.15, 0.2) is 42.5 Å². The van der Waals surface area contributed by atoms with Crippen LogP contribution in [-0.2, 0) is 24.9 Å². The second-order valence-electron chi connectivity index (χ2n) is 10.3. The van der Waals surface area contributed by atoms with Crippen LogP contribution in [0.1, 0.15) is 37.7 Å². The summed E-state index contributed by atoms with van der Waals surface area (Å²) >= 11 is 1.39. The Kier molecular flexibility index (Phi) is 7.92. The minimum atomic E-state index is -5.34. The van der Waals surface area contributed by atoms with Gasteiger partial charge < -0.3 is 23.6 Å². The van der Waals surface area contributed by atoms with Crippen molar-refractivity contribution < 1.29 is 92.5 Å². The number of aromatic nitrogens is 1. The van der Waals surface area contributed by atoms with Gasteiger partial charge >= 0.3 is 59.1 Å². The summed E-state index contributed by atoms with van der Waals surface area (Å²) in [6.45, 7) is 0. The first-order chi connectivity index (χ1) is 16.8. The molecule has 1 aliphatic heterocycles. The number of benzene rings is 2. The molecule has 1 atom stereocenters. The maximum atomic E-state index is 11.7. The Morgan fingerprint density at radius 3 is 2.19 bits per heavy atom. The van der Waals surface area contributed by atoms with Crippen LogP contribution >= 0.6 is 19.2 Å². The van der Waals surface area contributed by atoms with Gasteiger partial charge in [0.05, 0.1) is 4.70 Å². The first-order valence-electron chi connectivity index (χ1n) is 12.0. The van der Waals surface area contributed by atoms with Crippen LogP contribution in [0, 0.1) is 23.7 Å².